The van der Waals surface area contributed by atoms with Gasteiger partial charge in [-0.1, -0.05) is 66.4 Å². The molecule has 35 heavy (non-hydrogen) atoms. The molecule has 1 amide bonds. The number of fused-ring (bicyclic) bond motifs is 1. The van der Waals surface area contributed by atoms with Crippen LogP contribution in [0.25, 0.3) is 22.0 Å². The smallest absolute Gasteiger partial charge is 0.337 e. The Morgan fingerprint density at radius 3 is 2.03 bits per heavy atom. The van der Waals surface area contributed by atoms with Gasteiger partial charge >= 0.3 is 11.9 Å². The average molecular weight is 488 g/mol. The van der Waals surface area contributed by atoms with Gasteiger partial charge in [0.25, 0.3) is 0 Å². The van der Waals surface area contributed by atoms with Crippen molar-refractivity contribution in [1.29, 1.82) is 0 Å². The van der Waals surface area contributed by atoms with E-state index in [1.54, 1.807) is 0 Å². The van der Waals surface area contributed by atoms with E-state index in [1.807, 2.05) is 54.6 Å². The van der Waals surface area contributed by atoms with Gasteiger partial charge in [0.05, 0.1) is 31.1 Å². The molecule has 0 aliphatic carbocycles. The van der Waals surface area contributed by atoms with Gasteiger partial charge in [-0.2, -0.15) is 0 Å². The average Bonchev–Trinajstić information content (AvgIpc) is 2.91. The van der Waals surface area contributed by atoms with Crippen molar-refractivity contribution >= 4 is 46.1 Å². The molecule has 0 radical (unpaired) electrons. The maximum Gasteiger partial charge on any atom is 0.337 e. The standard InChI is InChI=1S/C26H21N3O5S/c1-33-25(31)17-12-18(26(32)34-2)14-19(13-17)27-22(30)15-35-24-21-11-7-6-10-20(21)23(28-29-24)16-8-4-3-5-9-16/h3-14H,15H2,1-2H3,(H,27,30). The monoisotopic (exact) mass is 487 g/mol. The first-order chi connectivity index (χ1) is 17.0. The van der Waals surface area contributed by atoms with Crippen LogP contribution in [0.15, 0.2) is 77.8 Å². The largest absolute Gasteiger partial charge is 0.465 e. The predicted octanol–water partition coefficient (Wildman–Crippen LogP) is 4.60. The molecule has 1 heterocycles. The second-order valence-corrected chi connectivity index (χ2v) is 8.35. The number of amides is 1. The van der Waals surface area contributed by atoms with E-state index >= 15 is 0 Å². The Labute approximate surface area is 205 Å². The number of thioether (sulfide) groups is 1. The van der Waals surface area contributed by atoms with Crippen molar-refractivity contribution in [2.45, 2.75) is 5.03 Å². The second kappa shape index (κ2) is 10.8. The van der Waals surface area contributed by atoms with Crippen LogP contribution in [0.4, 0.5) is 5.69 Å². The van der Waals surface area contributed by atoms with Gasteiger partial charge in [-0.05, 0) is 18.2 Å². The highest BCUT2D eigenvalue weighted by molar-refractivity contribution is 8.00. The molecule has 0 aliphatic heterocycles. The highest BCUT2D eigenvalue weighted by Crippen LogP contribution is 2.31. The van der Waals surface area contributed by atoms with Gasteiger partial charge in [0.1, 0.15) is 10.7 Å². The molecule has 0 aliphatic rings. The van der Waals surface area contributed by atoms with E-state index in [4.69, 9.17) is 9.47 Å². The van der Waals surface area contributed by atoms with E-state index < -0.39 is 11.9 Å². The summed E-state index contributed by atoms with van der Waals surface area (Å²) in [6.45, 7) is 0. The van der Waals surface area contributed by atoms with Crippen LogP contribution in [-0.2, 0) is 14.3 Å². The number of carbonyl (C=O) groups excluding carboxylic acids is 3. The van der Waals surface area contributed by atoms with Crippen molar-refractivity contribution in [2.24, 2.45) is 0 Å². The minimum atomic E-state index is -0.638. The summed E-state index contributed by atoms with van der Waals surface area (Å²) in [6, 6.07) is 21.8. The molecule has 0 bridgehead atoms. The van der Waals surface area contributed by atoms with Crippen LogP contribution >= 0.6 is 11.8 Å². The Balaban J connectivity index is 1.54. The van der Waals surface area contributed by atoms with Crippen molar-refractivity contribution < 1.29 is 23.9 Å². The maximum absolute atomic E-state index is 12.7. The van der Waals surface area contributed by atoms with Gasteiger partial charge in [-0.25, -0.2) is 9.59 Å². The summed E-state index contributed by atoms with van der Waals surface area (Å²) >= 11 is 1.24. The molecule has 4 aromatic rings. The number of anilines is 1. The van der Waals surface area contributed by atoms with E-state index in [0.29, 0.717) is 5.03 Å². The highest BCUT2D eigenvalue weighted by Gasteiger charge is 2.16. The molecular weight excluding hydrogens is 466 g/mol. The zero-order valence-electron chi connectivity index (χ0n) is 19.0. The number of hydrogen-bond acceptors (Lipinski definition) is 8. The number of rotatable bonds is 7. The van der Waals surface area contributed by atoms with E-state index in [1.165, 1.54) is 44.2 Å². The number of carbonyl (C=O) groups is 3. The number of ether oxygens (including phenoxy) is 2. The summed E-state index contributed by atoms with van der Waals surface area (Å²) in [6.07, 6.45) is 0. The lowest BCUT2D eigenvalue weighted by molar-refractivity contribution is -0.113. The van der Waals surface area contributed by atoms with Crippen LogP contribution in [0.2, 0.25) is 0 Å². The second-order valence-electron chi connectivity index (χ2n) is 7.38. The summed E-state index contributed by atoms with van der Waals surface area (Å²) in [4.78, 5) is 36.6. The Morgan fingerprint density at radius 1 is 0.800 bits per heavy atom. The minimum absolute atomic E-state index is 0.0410. The van der Waals surface area contributed by atoms with Crippen LogP contribution in [0, 0.1) is 0 Å². The number of nitrogens with zero attached hydrogens (tertiary/aromatic N) is 2. The molecule has 0 saturated heterocycles. The molecule has 0 spiro atoms. The highest BCUT2D eigenvalue weighted by atomic mass is 32.2. The van der Waals surface area contributed by atoms with Gasteiger partial charge < -0.3 is 14.8 Å². The predicted molar refractivity (Wildman–Crippen MR) is 133 cm³/mol. The Morgan fingerprint density at radius 2 is 1.40 bits per heavy atom. The van der Waals surface area contributed by atoms with E-state index in [0.717, 1.165) is 22.0 Å². The number of hydrogen-bond donors (Lipinski definition) is 1. The van der Waals surface area contributed by atoms with E-state index in [-0.39, 0.29) is 28.5 Å². The van der Waals surface area contributed by atoms with Crippen molar-refractivity contribution in [3.05, 3.63) is 83.9 Å². The van der Waals surface area contributed by atoms with Gasteiger partial charge in [0, 0.05) is 22.0 Å². The first-order valence-corrected chi connectivity index (χ1v) is 11.5. The van der Waals surface area contributed by atoms with Gasteiger partial charge in [-0.15, -0.1) is 10.2 Å². The topological polar surface area (TPSA) is 107 Å². The summed E-state index contributed by atoms with van der Waals surface area (Å²) in [5.74, 6) is -1.58. The van der Waals surface area contributed by atoms with E-state index in [2.05, 4.69) is 15.5 Å². The molecule has 0 fully saturated rings. The van der Waals surface area contributed by atoms with Gasteiger partial charge in [-0.3, -0.25) is 4.79 Å². The molecule has 8 nitrogen and oxygen atoms in total. The molecule has 4 rings (SSSR count). The van der Waals surface area contributed by atoms with Crippen LogP contribution in [0.1, 0.15) is 20.7 Å². The van der Waals surface area contributed by atoms with Crippen LogP contribution < -0.4 is 5.32 Å². The fourth-order valence-corrected chi connectivity index (χ4v) is 4.27. The number of aromatic nitrogens is 2. The Kier molecular flexibility index (Phi) is 7.37. The summed E-state index contributed by atoms with van der Waals surface area (Å²) in [5, 5.41) is 13.9. The normalized spacial score (nSPS) is 10.6. The van der Waals surface area contributed by atoms with Crippen molar-refractivity contribution in [3.63, 3.8) is 0 Å². The maximum atomic E-state index is 12.7. The van der Waals surface area contributed by atoms with Crippen molar-refractivity contribution in [2.75, 3.05) is 25.3 Å². The summed E-state index contributed by atoms with van der Waals surface area (Å²) in [5.41, 5.74) is 2.23. The van der Waals surface area contributed by atoms with Crippen LogP contribution in [0.5, 0.6) is 0 Å². The zero-order chi connectivity index (χ0) is 24.8. The summed E-state index contributed by atoms with van der Waals surface area (Å²) in [7, 11) is 2.47. The minimum Gasteiger partial charge on any atom is -0.465 e. The lowest BCUT2D eigenvalue weighted by Gasteiger charge is -2.11. The molecule has 176 valence electrons. The Hall–Kier alpha value is -4.24. The third-order valence-corrected chi connectivity index (χ3v) is 6.08. The SMILES string of the molecule is COC(=O)c1cc(NC(=O)CSc2nnc(-c3ccccc3)c3ccccc23)cc(C(=O)OC)c1. The lowest BCUT2D eigenvalue weighted by Crippen LogP contribution is -2.16. The van der Waals surface area contributed by atoms with Crippen molar-refractivity contribution in [1.82, 2.24) is 10.2 Å². The van der Waals surface area contributed by atoms with Crippen molar-refractivity contribution in [3.8, 4) is 11.3 Å². The number of esters is 2. The first kappa shape index (κ1) is 23.9. The third-order valence-electron chi connectivity index (χ3n) is 5.10. The number of nitrogens with one attached hydrogen (secondary N) is 1. The molecular formula is C26H21N3O5S. The number of methoxy groups -OCH3 is 2. The fourth-order valence-electron chi connectivity index (χ4n) is 3.50. The van der Waals surface area contributed by atoms with Crippen LogP contribution in [-0.4, -0.2) is 48.0 Å². The molecule has 0 atom stereocenters. The van der Waals surface area contributed by atoms with E-state index in [9.17, 15) is 14.4 Å². The van der Waals surface area contributed by atoms with Gasteiger partial charge in [0.15, 0.2) is 0 Å². The van der Waals surface area contributed by atoms with Gasteiger partial charge in [0.2, 0.25) is 5.91 Å². The summed E-state index contributed by atoms with van der Waals surface area (Å²) < 4.78 is 9.46. The molecule has 1 N–H and O–H groups in total. The number of benzene rings is 3. The lowest BCUT2D eigenvalue weighted by atomic mass is 10.1. The third kappa shape index (κ3) is 5.47. The molecule has 9 heteroatoms. The zero-order valence-corrected chi connectivity index (χ0v) is 19.8. The molecule has 3 aromatic carbocycles. The quantitative estimate of drug-likeness (QED) is 0.298. The molecule has 1 aromatic heterocycles. The molecule has 0 saturated carbocycles. The Bertz CT molecular complexity index is 1370. The molecule has 0 unspecified atom stereocenters. The first-order valence-electron chi connectivity index (χ1n) is 10.6. The van der Waals surface area contributed by atoms with Crippen LogP contribution in [0.3, 0.4) is 0 Å². The fraction of sp³-hybridized carbons (Fsp3) is 0.115.